The van der Waals surface area contributed by atoms with Crippen LogP contribution in [0, 0.1) is 11.3 Å². The molecule has 0 unspecified atom stereocenters. The quantitative estimate of drug-likeness (QED) is 0.200. The van der Waals surface area contributed by atoms with Crippen LogP contribution in [0.5, 0.6) is 0 Å². The summed E-state index contributed by atoms with van der Waals surface area (Å²) in [6.45, 7) is 0. The van der Waals surface area contributed by atoms with Gasteiger partial charge in [0.05, 0.1) is 22.3 Å². The zero-order chi connectivity index (χ0) is 30.6. The third-order valence-electron chi connectivity index (χ3n) is 8.50. The number of nitriles is 1. The van der Waals surface area contributed by atoms with Gasteiger partial charge in [0, 0.05) is 47.6 Å². The van der Waals surface area contributed by atoms with Gasteiger partial charge in [0.2, 0.25) is 0 Å². The van der Waals surface area contributed by atoms with Gasteiger partial charge in [0.15, 0.2) is 17.5 Å². The molecule has 46 heavy (non-hydrogen) atoms. The van der Waals surface area contributed by atoms with Crippen LogP contribution < -0.4 is 0 Å². The van der Waals surface area contributed by atoms with Crippen LogP contribution in [0.4, 0.5) is 0 Å². The Morgan fingerprint density at radius 2 is 1.13 bits per heavy atom. The second-order valence-corrected chi connectivity index (χ2v) is 12.2. The topological polar surface area (TPSA) is 67.4 Å². The summed E-state index contributed by atoms with van der Waals surface area (Å²) in [4.78, 5) is 14.6. The van der Waals surface area contributed by atoms with Crippen molar-refractivity contribution in [3.05, 3.63) is 145 Å². The number of rotatable bonds is 4. The summed E-state index contributed by atoms with van der Waals surface area (Å²) in [5.41, 5.74) is 6.05. The lowest BCUT2D eigenvalue weighted by Gasteiger charge is -2.12. The molecule has 6 aromatic carbocycles. The number of nitrogens with zero attached hydrogens (tertiary/aromatic N) is 5. The first-order valence-corrected chi connectivity index (χ1v) is 15.8. The average molecular weight is 606 g/mol. The highest BCUT2D eigenvalue weighted by molar-refractivity contribution is 7.26. The molecule has 3 heterocycles. The number of hydrogen-bond acceptors (Lipinski definition) is 5. The Hall–Kier alpha value is -6.16. The molecule has 0 bridgehead atoms. The number of aromatic nitrogens is 4. The first kappa shape index (κ1) is 26.3. The second kappa shape index (κ2) is 10.5. The predicted octanol–water partition coefficient (Wildman–Crippen LogP) is 10.2. The van der Waals surface area contributed by atoms with Gasteiger partial charge in [-0.15, -0.1) is 11.3 Å². The molecular formula is C40H23N5S. The van der Waals surface area contributed by atoms with Gasteiger partial charge < -0.3 is 4.57 Å². The highest BCUT2D eigenvalue weighted by Gasteiger charge is 2.20. The highest BCUT2D eigenvalue weighted by atomic mass is 32.1. The summed E-state index contributed by atoms with van der Waals surface area (Å²) >= 11 is 1.82. The van der Waals surface area contributed by atoms with E-state index < -0.39 is 0 Å². The van der Waals surface area contributed by atoms with E-state index in [0.717, 1.165) is 33.4 Å². The van der Waals surface area contributed by atoms with Crippen molar-refractivity contribution >= 4 is 53.3 Å². The molecule has 0 amide bonds. The first-order chi connectivity index (χ1) is 22.8. The van der Waals surface area contributed by atoms with Crippen LogP contribution in [-0.2, 0) is 0 Å². The predicted molar refractivity (Wildman–Crippen MR) is 188 cm³/mol. The standard InChI is InChI=1S/C40H23N5S/c41-24-28-23-27(40-43-38(25-11-3-1-4-12-25)42-39(44-40)26-13-5-2-6-14-26)19-21-32(28)45-33-17-9-7-16-31(33)36-34(45)22-20-30-29-15-8-10-18-35(29)46-37(30)36/h1-23H. The fraction of sp³-hybridized carbons (Fsp3) is 0. The van der Waals surface area contributed by atoms with Crippen molar-refractivity contribution in [3.8, 4) is 45.9 Å². The van der Waals surface area contributed by atoms with E-state index in [9.17, 15) is 5.26 Å². The fourth-order valence-electron chi connectivity index (χ4n) is 6.39. The van der Waals surface area contributed by atoms with E-state index in [2.05, 4.69) is 71.3 Å². The lowest BCUT2D eigenvalue weighted by Crippen LogP contribution is -2.02. The number of fused-ring (bicyclic) bond motifs is 7. The van der Waals surface area contributed by atoms with Crippen molar-refractivity contribution in [1.29, 1.82) is 5.26 Å². The summed E-state index contributed by atoms with van der Waals surface area (Å²) in [6.07, 6.45) is 0. The lowest BCUT2D eigenvalue weighted by atomic mass is 10.1. The van der Waals surface area contributed by atoms with Crippen molar-refractivity contribution in [3.63, 3.8) is 0 Å². The minimum Gasteiger partial charge on any atom is -0.308 e. The molecule has 214 valence electrons. The van der Waals surface area contributed by atoms with Gasteiger partial charge in [-0.3, -0.25) is 0 Å². The van der Waals surface area contributed by atoms with E-state index in [-0.39, 0.29) is 0 Å². The Morgan fingerprint density at radius 1 is 0.522 bits per heavy atom. The molecule has 0 saturated carbocycles. The monoisotopic (exact) mass is 605 g/mol. The van der Waals surface area contributed by atoms with E-state index in [4.69, 9.17) is 15.0 Å². The molecule has 0 aliphatic heterocycles. The van der Waals surface area contributed by atoms with Gasteiger partial charge in [0.1, 0.15) is 6.07 Å². The summed E-state index contributed by atoms with van der Waals surface area (Å²) < 4.78 is 4.75. The van der Waals surface area contributed by atoms with Gasteiger partial charge in [-0.1, -0.05) is 103 Å². The average Bonchev–Trinajstić information content (AvgIpc) is 3.68. The zero-order valence-electron chi connectivity index (χ0n) is 24.4. The molecule has 6 heteroatoms. The maximum Gasteiger partial charge on any atom is 0.164 e. The molecular weight excluding hydrogens is 583 g/mol. The van der Waals surface area contributed by atoms with Gasteiger partial charge in [-0.05, 0) is 36.4 Å². The van der Waals surface area contributed by atoms with Crippen molar-refractivity contribution in [1.82, 2.24) is 19.5 Å². The first-order valence-electron chi connectivity index (χ1n) is 15.0. The Balaban J connectivity index is 1.26. The Labute approximate surface area is 268 Å². The fourth-order valence-corrected chi connectivity index (χ4v) is 7.65. The van der Waals surface area contributed by atoms with E-state index >= 15 is 0 Å². The van der Waals surface area contributed by atoms with Crippen LogP contribution in [-0.4, -0.2) is 19.5 Å². The van der Waals surface area contributed by atoms with Gasteiger partial charge in [0.25, 0.3) is 0 Å². The molecule has 0 saturated heterocycles. The molecule has 0 atom stereocenters. The van der Waals surface area contributed by atoms with Crippen LogP contribution in [0.1, 0.15) is 5.56 Å². The lowest BCUT2D eigenvalue weighted by molar-refractivity contribution is 1.07. The minimum absolute atomic E-state index is 0.518. The molecule has 9 rings (SSSR count). The summed E-state index contributed by atoms with van der Waals surface area (Å²) in [5.74, 6) is 1.69. The van der Waals surface area contributed by atoms with E-state index in [1.54, 1.807) is 0 Å². The van der Waals surface area contributed by atoms with Crippen LogP contribution >= 0.6 is 11.3 Å². The van der Waals surface area contributed by atoms with E-state index in [1.807, 2.05) is 90.2 Å². The normalized spacial score (nSPS) is 11.5. The Kier molecular flexibility index (Phi) is 5.98. The molecule has 0 aliphatic carbocycles. The zero-order valence-corrected chi connectivity index (χ0v) is 25.2. The largest absolute Gasteiger partial charge is 0.308 e. The van der Waals surface area contributed by atoms with Crippen molar-refractivity contribution in [2.45, 2.75) is 0 Å². The Bertz CT molecular complexity index is 2590. The molecule has 0 radical (unpaired) electrons. The van der Waals surface area contributed by atoms with Gasteiger partial charge >= 0.3 is 0 Å². The van der Waals surface area contributed by atoms with Gasteiger partial charge in [-0.2, -0.15) is 5.26 Å². The second-order valence-electron chi connectivity index (χ2n) is 11.2. The Morgan fingerprint density at radius 3 is 1.83 bits per heavy atom. The van der Waals surface area contributed by atoms with Gasteiger partial charge in [-0.25, -0.2) is 15.0 Å². The molecule has 0 N–H and O–H groups in total. The molecule has 3 aromatic heterocycles. The SMILES string of the molecule is N#Cc1cc(-c2nc(-c3ccccc3)nc(-c3ccccc3)n2)ccc1-n1c2ccccc2c2c3sc4ccccc4c3ccc21. The summed E-state index contributed by atoms with van der Waals surface area (Å²) in [7, 11) is 0. The minimum atomic E-state index is 0.518. The third kappa shape index (κ3) is 4.11. The number of thiophene rings is 1. The van der Waals surface area contributed by atoms with E-state index in [1.165, 1.54) is 30.9 Å². The molecule has 0 spiro atoms. The third-order valence-corrected chi connectivity index (χ3v) is 9.70. The number of para-hydroxylation sites is 1. The molecule has 0 aliphatic rings. The van der Waals surface area contributed by atoms with Crippen LogP contribution in [0.15, 0.2) is 140 Å². The maximum atomic E-state index is 10.6. The van der Waals surface area contributed by atoms with Crippen LogP contribution in [0.3, 0.4) is 0 Å². The molecule has 0 fully saturated rings. The smallest absolute Gasteiger partial charge is 0.164 e. The van der Waals surface area contributed by atoms with Crippen LogP contribution in [0.2, 0.25) is 0 Å². The van der Waals surface area contributed by atoms with Crippen molar-refractivity contribution < 1.29 is 0 Å². The summed E-state index contributed by atoms with van der Waals surface area (Å²) in [6, 6.07) is 49.7. The summed E-state index contributed by atoms with van der Waals surface area (Å²) in [5, 5.41) is 15.4. The maximum absolute atomic E-state index is 10.6. The van der Waals surface area contributed by atoms with E-state index in [0.29, 0.717) is 23.0 Å². The molecule has 9 aromatic rings. The van der Waals surface area contributed by atoms with Crippen molar-refractivity contribution in [2.24, 2.45) is 0 Å². The number of benzene rings is 6. The highest BCUT2D eigenvalue weighted by Crippen LogP contribution is 2.43. The van der Waals surface area contributed by atoms with Crippen molar-refractivity contribution in [2.75, 3.05) is 0 Å². The molecule has 5 nitrogen and oxygen atoms in total. The van der Waals surface area contributed by atoms with Crippen LogP contribution in [0.25, 0.3) is 81.8 Å². The number of hydrogen-bond donors (Lipinski definition) is 0.